The van der Waals surface area contributed by atoms with Crippen molar-refractivity contribution >= 4 is 12.1 Å². The summed E-state index contributed by atoms with van der Waals surface area (Å²) in [6, 6.07) is 0. The normalized spacial score (nSPS) is 10.3. The van der Waals surface area contributed by atoms with Crippen LogP contribution in [0.2, 0.25) is 0 Å². The van der Waals surface area contributed by atoms with Gasteiger partial charge in [-0.3, -0.25) is 9.69 Å². The van der Waals surface area contributed by atoms with Crippen molar-refractivity contribution in [2.75, 3.05) is 26.3 Å². The van der Waals surface area contributed by atoms with E-state index in [1.54, 1.807) is 6.92 Å². The van der Waals surface area contributed by atoms with Crippen molar-refractivity contribution < 1.29 is 19.1 Å². The zero-order valence-electron chi connectivity index (χ0n) is 14.6. The lowest BCUT2D eigenvalue weighted by Crippen LogP contribution is -2.36. The largest absolute Gasteiger partial charge is 0.464 e. The number of amides is 1. The standard InChI is InChI=1S/C17H33NO4/c1-4-7-8-9-10-11-12-13-14-22-16(19)15-18(5-2)17(20)21-6-3/h4-15H2,1-3H3. The van der Waals surface area contributed by atoms with Gasteiger partial charge >= 0.3 is 12.1 Å². The van der Waals surface area contributed by atoms with Crippen molar-refractivity contribution in [3.63, 3.8) is 0 Å². The molecule has 0 heterocycles. The SMILES string of the molecule is CCCCCCCCCCOC(=O)CN(CC)C(=O)OCC. The number of carbonyl (C=O) groups is 2. The lowest BCUT2D eigenvalue weighted by molar-refractivity contribution is -0.144. The topological polar surface area (TPSA) is 55.8 Å². The van der Waals surface area contributed by atoms with Crippen LogP contribution in [0.1, 0.15) is 72.1 Å². The van der Waals surface area contributed by atoms with Crippen molar-refractivity contribution in [3.8, 4) is 0 Å². The fourth-order valence-electron chi connectivity index (χ4n) is 2.14. The third kappa shape index (κ3) is 11.4. The summed E-state index contributed by atoms with van der Waals surface area (Å²) in [7, 11) is 0. The molecule has 0 rings (SSSR count). The minimum atomic E-state index is -0.464. The molecule has 0 aliphatic heterocycles. The van der Waals surface area contributed by atoms with Crippen LogP contribution in [0.4, 0.5) is 4.79 Å². The van der Waals surface area contributed by atoms with Gasteiger partial charge in [0.2, 0.25) is 0 Å². The molecule has 0 radical (unpaired) electrons. The average Bonchev–Trinajstić information content (AvgIpc) is 2.51. The number of unbranched alkanes of at least 4 members (excludes halogenated alkanes) is 7. The van der Waals surface area contributed by atoms with Crippen molar-refractivity contribution in [1.82, 2.24) is 4.90 Å². The Kier molecular flexibility index (Phi) is 13.8. The Hall–Kier alpha value is -1.26. The number of likely N-dealkylation sites (N-methyl/N-ethyl adjacent to an activating group) is 1. The van der Waals surface area contributed by atoms with Crippen LogP contribution >= 0.6 is 0 Å². The van der Waals surface area contributed by atoms with Crippen LogP contribution in [-0.4, -0.2) is 43.3 Å². The van der Waals surface area contributed by atoms with E-state index in [-0.39, 0.29) is 12.5 Å². The highest BCUT2D eigenvalue weighted by Gasteiger charge is 2.16. The highest BCUT2D eigenvalue weighted by molar-refractivity contribution is 5.78. The number of hydrogen-bond donors (Lipinski definition) is 0. The van der Waals surface area contributed by atoms with E-state index in [2.05, 4.69) is 6.92 Å². The van der Waals surface area contributed by atoms with Gasteiger partial charge in [-0.25, -0.2) is 4.79 Å². The molecule has 22 heavy (non-hydrogen) atoms. The number of nitrogens with zero attached hydrogens (tertiary/aromatic N) is 1. The van der Waals surface area contributed by atoms with Crippen LogP contribution in [0.25, 0.3) is 0 Å². The molecule has 0 spiro atoms. The summed E-state index contributed by atoms with van der Waals surface area (Å²) >= 11 is 0. The van der Waals surface area contributed by atoms with Crippen molar-refractivity contribution in [2.24, 2.45) is 0 Å². The molecule has 0 aromatic carbocycles. The lowest BCUT2D eigenvalue weighted by atomic mass is 10.1. The first-order valence-electron chi connectivity index (χ1n) is 8.72. The summed E-state index contributed by atoms with van der Waals surface area (Å²) in [6.07, 6.45) is 9.22. The summed E-state index contributed by atoms with van der Waals surface area (Å²) in [6.45, 7) is 6.92. The molecule has 0 aromatic heterocycles. The van der Waals surface area contributed by atoms with Gasteiger partial charge < -0.3 is 9.47 Å². The van der Waals surface area contributed by atoms with Crippen molar-refractivity contribution in [3.05, 3.63) is 0 Å². The lowest BCUT2D eigenvalue weighted by Gasteiger charge is -2.18. The van der Waals surface area contributed by atoms with Crippen LogP contribution in [0.15, 0.2) is 0 Å². The predicted molar refractivity (Wildman–Crippen MR) is 87.8 cm³/mol. The second kappa shape index (κ2) is 14.7. The Morgan fingerprint density at radius 1 is 0.818 bits per heavy atom. The molecule has 130 valence electrons. The maximum Gasteiger partial charge on any atom is 0.410 e. The molecule has 0 bridgehead atoms. The van der Waals surface area contributed by atoms with Gasteiger partial charge in [0.1, 0.15) is 6.54 Å². The van der Waals surface area contributed by atoms with E-state index in [9.17, 15) is 9.59 Å². The Labute approximate surface area is 135 Å². The molecule has 5 heteroatoms. The molecule has 0 saturated heterocycles. The maximum absolute atomic E-state index is 11.7. The van der Waals surface area contributed by atoms with Gasteiger partial charge in [-0.1, -0.05) is 51.9 Å². The second-order valence-corrected chi connectivity index (χ2v) is 5.41. The number of rotatable bonds is 13. The number of hydrogen-bond acceptors (Lipinski definition) is 4. The summed E-state index contributed by atoms with van der Waals surface area (Å²) < 4.78 is 10.0. The van der Waals surface area contributed by atoms with E-state index in [0.717, 1.165) is 12.8 Å². The molecule has 0 aromatic rings. The van der Waals surface area contributed by atoms with E-state index in [1.807, 2.05) is 6.92 Å². The van der Waals surface area contributed by atoms with E-state index in [4.69, 9.17) is 9.47 Å². The van der Waals surface area contributed by atoms with Gasteiger partial charge in [0.05, 0.1) is 13.2 Å². The maximum atomic E-state index is 11.7. The van der Waals surface area contributed by atoms with Gasteiger partial charge in [0.15, 0.2) is 0 Å². The zero-order chi connectivity index (χ0) is 16.6. The number of carbonyl (C=O) groups excluding carboxylic acids is 2. The Bertz CT molecular complexity index is 294. The summed E-state index contributed by atoms with van der Waals surface area (Å²) in [5.74, 6) is -0.363. The molecule has 0 saturated carbocycles. The summed E-state index contributed by atoms with van der Waals surface area (Å²) in [4.78, 5) is 24.5. The molecule has 0 aliphatic carbocycles. The average molecular weight is 315 g/mol. The van der Waals surface area contributed by atoms with Crippen molar-refractivity contribution in [2.45, 2.75) is 72.1 Å². The first-order valence-corrected chi connectivity index (χ1v) is 8.72. The molecule has 0 unspecified atom stereocenters. The number of esters is 1. The van der Waals surface area contributed by atoms with Crippen LogP contribution in [0.3, 0.4) is 0 Å². The molecule has 0 fully saturated rings. The Balaban J connectivity index is 3.58. The fourth-order valence-corrected chi connectivity index (χ4v) is 2.14. The molecule has 1 amide bonds. The minimum Gasteiger partial charge on any atom is -0.464 e. The van der Waals surface area contributed by atoms with Gasteiger partial charge in [0.25, 0.3) is 0 Å². The second-order valence-electron chi connectivity index (χ2n) is 5.41. The minimum absolute atomic E-state index is 0.0354. The summed E-state index contributed by atoms with van der Waals surface area (Å²) in [5.41, 5.74) is 0. The van der Waals surface area contributed by atoms with Crippen molar-refractivity contribution in [1.29, 1.82) is 0 Å². The highest BCUT2D eigenvalue weighted by Crippen LogP contribution is 2.08. The van der Waals surface area contributed by atoms with Gasteiger partial charge in [-0.05, 0) is 20.3 Å². The van der Waals surface area contributed by atoms with E-state index in [0.29, 0.717) is 19.8 Å². The van der Waals surface area contributed by atoms with Gasteiger partial charge in [-0.2, -0.15) is 0 Å². The predicted octanol–water partition coefficient (Wildman–Crippen LogP) is 4.15. The molecular formula is C17H33NO4. The van der Waals surface area contributed by atoms with Crippen LogP contribution in [0.5, 0.6) is 0 Å². The van der Waals surface area contributed by atoms with Crippen LogP contribution in [-0.2, 0) is 14.3 Å². The van der Waals surface area contributed by atoms with Gasteiger partial charge in [0, 0.05) is 6.54 Å². The Morgan fingerprint density at radius 3 is 1.95 bits per heavy atom. The first kappa shape index (κ1) is 20.7. The summed E-state index contributed by atoms with van der Waals surface area (Å²) in [5, 5.41) is 0. The molecular weight excluding hydrogens is 282 g/mol. The third-order valence-electron chi connectivity index (χ3n) is 3.49. The van der Waals surface area contributed by atoms with E-state index < -0.39 is 6.09 Å². The molecule has 0 aliphatic rings. The van der Waals surface area contributed by atoms with Crippen LogP contribution in [0, 0.1) is 0 Å². The highest BCUT2D eigenvalue weighted by atomic mass is 16.6. The van der Waals surface area contributed by atoms with Crippen LogP contribution < -0.4 is 0 Å². The molecule has 0 N–H and O–H groups in total. The van der Waals surface area contributed by atoms with Gasteiger partial charge in [-0.15, -0.1) is 0 Å². The molecule has 0 atom stereocenters. The van der Waals surface area contributed by atoms with E-state index >= 15 is 0 Å². The number of ether oxygens (including phenoxy) is 2. The smallest absolute Gasteiger partial charge is 0.410 e. The quantitative estimate of drug-likeness (QED) is 0.378. The molecule has 5 nitrogen and oxygen atoms in total. The Morgan fingerprint density at radius 2 is 1.41 bits per heavy atom. The zero-order valence-corrected chi connectivity index (χ0v) is 14.6. The fraction of sp³-hybridized carbons (Fsp3) is 0.882. The monoisotopic (exact) mass is 315 g/mol. The first-order chi connectivity index (χ1) is 10.7. The third-order valence-corrected chi connectivity index (χ3v) is 3.49. The van der Waals surface area contributed by atoms with E-state index in [1.165, 1.54) is 43.4 Å².